The zero-order valence-electron chi connectivity index (χ0n) is 29.0. The predicted octanol–water partition coefficient (Wildman–Crippen LogP) is 3.61. The van der Waals surface area contributed by atoms with Crippen LogP contribution in [0.2, 0.25) is 0 Å². The minimum Gasteiger partial charge on any atom is -0.462 e. The average Bonchev–Trinajstić information content (AvgIpc) is 3.16. The van der Waals surface area contributed by atoms with Gasteiger partial charge in [-0.2, -0.15) is 0 Å². The molecule has 0 aromatic heterocycles. The minimum absolute atomic E-state index is 0.0796. The fraction of sp³-hybridized carbons (Fsp3) is 0.306. The second kappa shape index (κ2) is 23.8. The smallest absolute Gasteiger partial charge is 0.411 e. The molecule has 53 heavy (non-hydrogen) atoms. The summed E-state index contributed by atoms with van der Waals surface area (Å²) in [6, 6.07) is 5.75. The lowest BCUT2D eigenvalue weighted by Gasteiger charge is -2.31. The van der Waals surface area contributed by atoms with Gasteiger partial charge in [0.15, 0.2) is 0 Å². The molecular formula is C36H42N2O15. The Morgan fingerprint density at radius 3 is 1.09 bits per heavy atom. The fourth-order valence-corrected chi connectivity index (χ4v) is 3.69. The van der Waals surface area contributed by atoms with Crippen LogP contribution in [0.1, 0.15) is 0 Å². The van der Waals surface area contributed by atoms with E-state index in [4.69, 9.17) is 37.9 Å². The number of carbonyl (C=O) groups excluding carboxylic acids is 7. The molecule has 0 saturated heterocycles. The standard InChI is InChI=1S/C36H42N2O15/c1-7-16-46-18-35(19-47-28(39)8-2,20-48-29(40)9-3)24-52-33(44)37-26-14-13-15-27(17-26)38-34(45)53-25-36(21-49-30(41)10-4,22-50-31(42)11-5)23-51-32(43)12-6/h7-15,17H,1-6,16,18-25H2,(H,37,44)(H,38,45). The number of benzene rings is 1. The molecule has 17 heteroatoms. The number of nitrogens with one attached hydrogen (secondary N) is 2. The number of amides is 2. The number of anilines is 2. The van der Waals surface area contributed by atoms with E-state index in [-0.39, 0.29) is 37.8 Å². The summed E-state index contributed by atoms with van der Waals surface area (Å²) in [7, 11) is 0. The highest BCUT2D eigenvalue weighted by Gasteiger charge is 2.38. The molecule has 286 valence electrons. The monoisotopic (exact) mass is 742 g/mol. The van der Waals surface area contributed by atoms with Crippen molar-refractivity contribution >= 4 is 53.4 Å². The fourth-order valence-electron chi connectivity index (χ4n) is 3.69. The van der Waals surface area contributed by atoms with Gasteiger partial charge in [-0.25, -0.2) is 33.6 Å². The molecule has 0 saturated carbocycles. The molecule has 2 N–H and O–H groups in total. The van der Waals surface area contributed by atoms with Crippen LogP contribution in [0.3, 0.4) is 0 Å². The third kappa shape index (κ3) is 17.8. The van der Waals surface area contributed by atoms with Crippen molar-refractivity contribution in [3.63, 3.8) is 0 Å². The van der Waals surface area contributed by atoms with Crippen LogP contribution in [-0.4, -0.2) is 101 Å². The third-order valence-corrected chi connectivity index (χ3v) is 6.45. The number of ether oxygens (including phenoxy) is 8. The summed E-state index contributed by atoms with van der Waals surface area (Å²) in [4.78, 5) is 84.7. The van der Waals surface area contributed by atoms with E-state index in [2.05, 4.69) is 50.1 Å². The second-order valence-corrected chi connectivity index (χ2v) is 10.8. The highest BCUT2D eigenvalue weighted by atomic mass is 16.6. The Labute approximate surface area is 305 Å². The summed E-state index contributed by atoms with van der Waals surface area (Å²) >= 11 is 0. The molecule has 0 fully saturated rings. The number of rotatable bonds is 25. The highest BCUT2D eigenvalue weighted by Crippen LogP contribution is 2.24. The topological polar surface area (TPSA) is 217 Å². The Hall–Kier alpha value is -6.49. The molecule has 17 nitrogen and oxygen atoms in total. The number of esters is 5. The zero-order chi connectivity index (χ0) is 39.7. The van der Waals surface area contributed by atoms with Crippen LogP contribution in [-0.2, 0) is 61.9 Å². The molecule has 0 aliphatic carbocycles. The molecule has 1 rings (SSSR count). The van der Waals surface area contributed by atoms with E-state index in [9.17, 15) is 33.6 Å². The first-order valence-corrected chi connectivity index (χ1v) is 15.4. The first kappa shape index (κ1) is 44.5. The molecular weight excluding hydrogens is 700 g/mol. The summed E-state index contributed by atoms with van der Waals surface area (Å²) in [5, 5.41) is 4.92. The van der Waals surface area contributed by atoms with Crippen molar-refractivity contribution < 1.29 is 71.5 Å². The Morgan fingerprint density at radius 1 is 0.491 bits per heavy atom. The van der Waals surface area contributed by atoms with Gasteiger partial charge < -0.3 is 37.9 Å². The number of hydrogen-bond acceptors (Lipinski definition) is 15. The molecule has 0 heterocycles. The summed E-state index contributed by atoms with van der Waals surface area (Å²) in [6.45, 7) is 16.6. The van der Waals surface area contributed by atoms with E-state index in [0.717, 1.165) is 30.4 Å². The summed E-state index contributed by atoms with van der Waals surface area (Å²) < 4.78 is 41.9. The zero-order valence-corrected chi connectivity index (χ0v) is 29.0. The van der Waals surface area contributed by atoms with Crippen LogP contribution >= 0.6 is 0 Å². The number of carbonyl (C=O) groups is 7. The van der Waals surface area contributed by atoms with Gasteiger partial charge in [-0.3, -0.25) is 10.6 Å². The normalized spacial score (nSPS) is 10.5. The van der Waals surface area contributed by atoms with Gasteiger partial charge in [0.2, 0.25) is 0 Å². The van der Waals surface area contributed by atoms with Crippen molar-refractivity contribution in [3.05, 3.63) is 100 Å². The van der Waals surface area contributed by atoms with Gasteiger partial charge in [-0.15, -0.1) is 6.58 Å². The Morgan fingerprint density at radius 2 is 0.792 bits per heavy atom. The van der Waals surface area contributed by atoms with Gasteiger partial charge in [0, 0.05) is 41.8 Å². The van der Waals surface area contributed by atoms with E-state index < -0.39 is 85.9 Å². The second-order valence-electron chi connectivity index (χ2n) is 10.8. The van der Waals surface area contributed by atoms with E-state index in [1.807, 2.05) is 0 Å². The molecule has 1 aromatic rings. The molecule has 0 atom stereocenters. The Bertz CT molecular complexity index is 1450. The lowest BCUT2D eigenvalue weighted by molar-refractivity contribution is -0.159. The average molecular weight is 743 g/mol. The first-order chi connectivity index (χ1) is 25.3. The van der Waals surface area contributed by atoms with Crippen molar-refractivity contribution in [2.24, 2.45) is 10.8 Å². The van der Waals surface area contributed by atoms with E-state index in [1.165, 1.54) is 30.3 Å². The lowest BCUT2D eigenvalue weighted by Crippen LogP contribution is -2.44. The lowest BCUT2D eigenvalue weighted by atomic mass is 9.92. The summed E-state index contributed by atoms with van der Waals surface area (Å²) in [5.41, 5.74) is -2.64. The molecule has 2 amide bonds. The van der Waals surface area contributed by atoms with Crippen molar-refractivity contribution in [2.75, 3.05) is 70.1 Å². The van der Waals surface area contributed by atoms with Crippen LogP contribution < -0.4 is 10.6 Å². The van der Waals surface area contributed by atoms with Gasteiger partial charge in [0.1, 0.15) is 51.7 Å². The van der Waals surface area contributed by atoms with Gasteiger partial charge in [-0.05, 0) is 18.2 Å². The maximum atomic E-state index is 12.8. The third-order valence-electron chi connectivity index (χ3n) is 6.45. The molecule has 0 unspecified atom stereocenters. The molecule has 1 aromatic carbocycles. The van der Waals surface area contributed by atoms with E-state index >= 15 is 0 Å². The van der Waals surface area contributed by atoms with Gasteiger partial charge >= 0.3 is 42.0 Å². The van der Waals surface area contributed by atoms with Gasteiger partial charge in [0.25, 0.3) is 0 Å². The SMILES string of the molecule is C=CCOCC(COC(=O)C=C)(COC(=O)C=C)COC(=O)Nc1cccc(NC(=O)OCC(COC(=O)C=C)(COC(=O)C=C)COC(=O)C=C)c1. The van der Waals surface area contributed by atoms with Gasteiger partial charge in [0.05, 0.1) is 18.6 Å². The first-order valence-electron chi connectivity index (χ1n) is 15.4. The van der Waals surface area contributed by atoms with Crippen molar-refractivity contribution in [1.82, 2.24) is 0 Å². The van der Waals surface area contributed by atoms with Crippen LogP contribution in [0.5, 0.6) is 0 Å². The molecule has 0 bridgehead atoms. The minimum atomic E-state index is -1.57. The summed E-state index contributed by atoms with van der Waals surface area (Å²) in [5.74, 6) is -4.13. The quantitative estimate of drug-likeness (QED) is 0.0481. The molecule has 0 aliphatic heterocycles. The highest BCUT2D eigenvalue weighted by molar-refractivity contribution is 5.89. The summed E-state index contributed by atoms with van der Waals surface area (Å²) in [6.07, 6.45) is 3.91. The molecule has 0 aliphatic rings. The number of hydrogen-bond donors (Lipinski definition) is 2. The molecule has 0 spiro atoms. The van der Waals surface area contributed by atoms with E-state index in [1.54, 1.807) is 0 Å². The largest absolute Gasteiger partial charge is 0.462 e. The maximum Gasteiger partial charge on any atom is 0.411 e. The van der Waals surface area contributed by atoms with Crippen LogP contribution in [0.25, 0.3) is 0 Å². The molecule has 0 radical (unpaired) electrons. The van der Waals surface area contributed by atoms with Crippen LogP contribution in [0.4, 0.5) is 21.0 Å². The van der Waals surface area contributed by atoms with Crippen LogP contribution in [0, 0.1) is 10.8 Å². The predicted molar refractivity (Wildman–Crippen MR) is 188 cm³/mol. The Kier molecular flexibility index (Phi) is 20.0. The maximum absolute atomic E-state index is 12.8. The van der Waals surface area contributed by atoms with Crippen LogP contribution in [0.15, 0.2) is 100 Å². The van der Waals surface area contributed by atoms with Crippen molar-refractivity contribution in [1.29, 1.82) is 0 Å². The van der Waals surface area contributed by atoms with Crippen molar-refractivity contribution in [3.8, 4) is 0 Å². The van der Waals surface area contributed by atoms with Crippen molar-refractivity contribution in [2.45, 2.75) is 0 Å². The van der Waals surface area contributed by atoms with Gasteiger partial charge in [-0.1, -0.05) is 45.0 Å². The Balaban J connectivity index is 3.09. The van der Waals surface area contributed by atoms with E-state index in [0.29, 0.717) is 0 Å².